The molecule has 5 nitrogen and oxygen atoms in total. The molecule has 0 aliphatic carbocycles. The minimum atomic E-state index is -0.306. The van der Waals surface area contributed by atoms with E-state index >= 15 is 0 Å². The van der Waals surface area contributed by atoms with Crippen LogP contribution in [0.5, 0.6) is 0 Å². The standard InChI is InChI=1S/C19H19FN4O/c1-24-13-22-18(14-8-10-15(20)11-9-14)19(24)23-17(25)7-4-6-16-5-2-3-12-21-16/h2-3,5,8-13H,4,6-7H2,1H3,(H,23,25). The molecule has 0 fully saturated rings. The third-order valence-electron chi connectivity index (χ3n) is 3.88. The number of rotatable bonds is 6. The number of pyridine rings is 1. The van der Waals surface area contributed by atoms with Crippen molar-refractivity contribution in [2.24, 2.45) is 7.05 Å². The molecule has 1 amide bonds. The Balaban J connectivity index is 1.63. The number of amides is 1. The van der Waals surface area contributed by atoms with Crippen LogP contribution in [0.3, 0.4) is 0 Å². The lowest BCUT2D eigenvalue weighted by molar-refractivity contribution is -0.116. The van der Waals surface area contributed by atoms with E-state index in [1.165, 1.54) is 12.1 Å². The Morgan fingerprint density at radius 1 is 1.16 bits per heavy atom. The lowest BCUT2D eigenvalue weighted by Gasteiger charge is -2.09. The maximum absolute atomic E-state index is 13.1. The van der Waals surface area contributed by atoms with Gasteiger partial charge in [0.2, 0.25) is 5.91 Å². The number of carbonyl (C=O) groups is 1. The molecule has 2 aromatic heterocycles. The highest BCUT2D eigenvalue weighted by molar-refractivity contribution is 5.93. The first kappa shape index (κ1) is 16.8. The summed E-state index contributed by atoms with van der Waals surface area (Å²) < 4.78 is 14.8. The molecule has 1 N–H and O–H groups in total. The average molecular weight is 338 g/mol. The van der Waals surface area contributed by atoms with Crippen LogP contribution in [0.2, 0.25) is 0 Å². The number of benzene rings is 1. The smallest absolute Gasteiger partial charge is 0.225 e. The van der Waals surface area contributed by atoms with Crippen molar-refractivity contribution in [2.45, 2.75) is 19.3 Å². The molecule has 0 radical (unpaired) electrons. The van der Waals surface area contributed by atoms with Crippen molar-refractivity contribution in [3.8, 4) is 11.3 Å². The summed E-state index contributed by atoms with van der Waals surface area (Å²) in [6.07, 6.45) is 5.24. The highest BCUT2D eigenvalue weighted by Gasteiger charge is 2.14. The summed E-state index contributed by atoms with van der Waals surface area (Å²) in [4.78, 5) is 20.8. The Bertz CT molecular complexity index is 844. The summed E-state index contributed by atoms with van der Waals surface area (Å²) in [6.45, 7) is 0. The molecule has 3 aromatic rings. The van der Waals surface area contributed by atoms with Crippen molar-refractivity contribution < 1.29 is 9.18 Å². The summed E-state index contributed by atoms with van der Waals surface area (Å²) >= 11 is 0. The van der Waals surface area contributed by atoms with Gasteiger partial charge in [0.05, 0.1) is 6.33 Å². The van der Waals surface area contributed by atoms with E-state index in [1.54, 1.807) is 29.2 Å². The van der Waals surface area contributed by atoms with E-state index in [-0.39, 0.29) is 11.7 Å². The molecule has 0 unspecified atom stereocenters. The number of aryl methyl sites for hydroxylation is 2. The molecule has 0 atom stereocenters. The molecule has 6 heteroatoms. The van der Waals surface area contributed by atoms with Crippen LogP contribution in [0.4, 0.5) is 10.2 Å². The fraction of sp³-hybridized carbons (Fsp3) is 0.211. The van der Waals surface area contributed by atoms with Crippen molar-refractivity contribution in [2.75, 3.05) is 5.32 Å². The third-order valence-corrected chi connectivity index (χ3v) is 3.88. The van der Waals surface area contributed by atoms with E-state index in [0.29, 0.717) is 24.4 Å². The van der Waals surface area contributed by atoms with Gasteiger partial charge >= 0.3 is 0 Å². The van der Waals surface area contributed by atoms with E-state index in [0.717, 1.165) is 17.7 Å². The van der Waals surface area contributed by atoms with E-state index in [1.807, 2.05) is 25.2 Å². The fourth-order valence-corrected chi connectivity index (χ4v) is 2.57. The summed E-state index contributed by atoms with van der Waals surface area (Å²) in [6, 6.07) is 11.8. The Kier molecular flexibility index (Phi) is 5.18. The number of nitrogens with one attached hydrogen (secondary N) is 1. The Morgan fingerprint density at radius 3 is 2.68 bits per heavy atom. The Morgan fingerprint density at radius 2 is 1.96 bits per heavy atom. The van der Waals surface area contributed by atoms with Gasteiger partial charge < -0.3 is 9.88 Å². The van der Waals surface area contributed by atoms with Gasteiger partial charge in [-0.3, -0.25) is 9.78 Å². The topological polar surface area (TPSA) is 59.8 Å². The number of halogens is 1. The van der Waals surface area contributed by atoms with Crippen LogP contribution in [0.15, 0.2) is 55.0 Å². The van der Waals surface area contributed by atoms with Gasteiger partial charge in [-0.2, -0.15) is 0 Å². The van der Waals surface area contributed by atoms with E-state index < -0.39 is 0 Å². The second-order valence-corrected chi connectivity index (χ2v) is 5.78. The number of anilines is 1. The molecule has 0 aliphatic heterocycles. The fourth-order valence-electron chi connectivity index (χ4n) is 2.57. The minimum Gasteiger partial charge on any atom is -0.320 e. The molecule has 1 aromatic carbocycles. The van der Waals surface area contributed by atoms with Crippen molar-refractivity contribution in [1.82, 2.24) is 14.5 Å². The molecular formula is C19H19FN4O. The van der Waals surface area contributed by atoms with Crippen molar-refractivity contribution in [3.63, 3.8) is 0 Å². The quantitative estimate of drug-likeness (QED) is 0.747. The lowest BCUT2D eigenvalue weighted by atomic mass is 10.1. The number of hydrogen-bond donors (Lipinski definition) is 1. The highest BCUT2D eigenvalue weighted by Crippen LogP contribution is 2.26. The van der Waals surface area contributed by atoms with Crippen molar-refractivity contribution in [3.05, 3.63) is 66.5 Å². The largest absolute Gasteiger partial charge is 0.320 e. The Hall–Kier alpha value is -3.02. The molecule has 0 spiro atoms. The zero-order chi connectivity index (χ0) is 17.6. The Labute approximate surface area is 145 Å². The summed E-state index contributed by atoms with van der Waals surface area (Å²) in [5.41, 5.74) is 2.36. The van der Waals surface area contributed by atoms with Crippen LogP contribution >= 0.6 is 0 Å². The average Bonchev–Trinajstić information content (AvgIpc) is 2.97. The normalized spacial score (nSPS) is 10.6. The first-order valence-electron chi connectivity index (χ1n) is 8.10. The third kappa shape index (κ3) is 4.29. The monoisotopic (exact) mass is 338 g/mol. The van der Waals surface area contributed by atoms with Gasteiger partial charge in [-0.05, 0) is 49.2 Å². The van der Waals surface area contributed by atoms with Gasteiger partial charge in [0, 0.05) is 30.9 Å². The van der Waals surface area contributed by atoms with Crippen LogP contribution in [-0.2, 0) is 18.3 Å². The molecular weight excluding hydrogens is 319 g/mol. The molecule has 25 heavy (non-hydrogen) atoms. The number of imidazole rings is 1. The summed E-state index contributed by atoms with van der Waals surface area (Å²) in [5, 5.41) is 2.91. The molecule has 0 saturated heterocycles. The van der Waals surface area contributed by atoms with Crippen LogP contribution in [-0.4, -0.2) is 20.4 Å². The van der Waals surface area contributed by atoms with Crippen molar-refractivity contribution >= 4 is 11.7 Å². The molecule has 2 heterocycles. The van der Waals surface area contributed by atoms with E-state index in [2.05, 4.69) is 15.3 Å². The van der Waals surface area contributed by atoms with Crippen molar-refractivity contribution in [1.29, 1.82) is 0 Å². The van der Waals surface area contributed by atoms with Crippen LogP contribution in [0.25, 0.3) is 11.3 Å². The lowest BCUT2D eigenvalue weighted by Crippen LogP contribution is -2.14. The zero-order valence-corrected chi connectivity index (χ0v) is 13.9. The maximum atomic E-state index is 13.1. The molecule has 3 rings (SSSR count). The first-order chi connectivity index (χ1) is 12.1. The zero-order valence-electron chi connectivity index (χ0n) is 13.9. The van der Waals surface area contributed by atoms with Crippen LogP contribution in [0.1, 0.15) is 18.5 Å². The molecule has 0 saturated carbocycles. The van der Waals surface area contributed by atoms with Gasteiger partial charge in [-0.25, -0.2) is 9.37 Å². The van der Waals surface area contributed by atoms with Gasteiger partial charge in [-0.15, -0.1) is 0 Å². The van der Waals surface area contributed by atoms with Crippen LogP contribution < -0.4 is 5.32 Å². The molecule has 0 aliphatic rings. The highest BCUT2D eigenvalue weighted by atomic mass is 19.1. The predicted molar refractivity (Wildman–Crippen MR) is 94.4 cm³/mol. The van der Waals surface area contributed by atoms with Gasteiger partial charge in [-0.1, -0.05) is 6.07 Å². The molecule has 128 valence electrons. The number of hydrogen-bond acceptors (Lipinski definition) is 3. The van der Waals surface area contributed by atoms with Gasteiger partial charge in [0.1, 0.15) is 17.3 Å². The summed E-state index contributed by atoms with van der Waals surface area (Å²) in [5.74, 6) is 0.220. The van der Waals surface area contributed by atoms with Gasteiger partial charge in [0.15, 0.2) is 0 Å². The SMILES string of the molecule is Cn1cnc(-c2ccc(F)cc2)c1NC(=O)CCCc1ccccn1. The number of carbonyl (C=O) groups excluding carboxylic acids is 1. The minimum absolute atomic E-state index is 0.0807. The summed E-state index contributed by atoms with van der Waals surface area (Å²) in [7, 11) is 1.81. The molecule has 0 bridgehead atoms. The second-order valence-electron chi connectivity index (χ2n) is 5.78. The number of nitrogens with zero attached hydrogens (tertiary/aromatic N) is 3. The van der Waals surface area contributed by atoms with Crippen LogP contribution in [0, 0.1) is 5.82 Å². The van der Waals surface area contributed by atoms with E-state index in [9.17, 15) is 9.18 Å². The number of aromatic nitrogens is 3. The van der Waals surface area contributed by atoms with E-state index in [4.69, 9.17) is 0 Å². The van der Waals surface area contributed by atoms with Gasteiger partial charge in [0.25, 0.3) is 0 Å². The predicted octanol–water partition coefficient (Wildman–Crippen LogP) is 3.58. The first-order valence-corrected chi connectivity index (χ1v) is 8.10. The maximum Gasteiger partial charge on any atom is 0.225 e. The second kappa shape index (κ2) is 7.70.